The lowest BCUT2D eigenvalue weighted by Crippen LogP contribution is -2.35. The van der Waals surface area contributed by atoms with E-state index in [0.717, 1.165) is 44.0 Å². The van der Waals surface area contributed by atoms with Gasteiger partial charge in [-0.1, -0.05) is 12.1 Å². The quantitative estimate of drug-likeness (QED) is 0.827. The third-order valence-electron chi connectivity index (χ3n) is 3.24. The normalized spacial score (nSPS) is 17.6. The first-order chi connectivity index (χ1) is 7.68. The highest BCUT2D eigenvalue weighted by atomic mass is 16.5. The number of aryl methyl sites for hydroxylation is 1. The Bertz CT molecular complexity index is 370. The van der Waals surface area contributed by atoms with Crippen LogP contribution in [0.5, 0.6) is 5.75 Å². The molecule has 0 atom stereocenters. The van der Waals surface area contributed by atoms with E-state index in [9.17, 15) is 5.11 Å². The number of benzene rings is 1. The first-order valence-electron chi connectivity index (χ1n) is 5.76. The fourth-order valence-electron chi connectivity index (χ4n) is 2.05. The van der Waals surface area contributed by atoms with Gasteiger partial charge in [-0.3, -0.25) is 4.90 Å². The first kappa shape index (κ1) is 11.4. The summed E-state index contributed by atoms with van der Waals surface area (Å²) in [5.74, 6) is 0.436. The molecule has 1 N–H and O–H groups in total. The van der Waals surface area contributed by atoms with Crippen molar-refractivity contribution < 1.29 is 9.84 Å². The summed E-state index contributed by atoms with van der Waals surface area (Å²) in [6.07, 6.45) is 0. The van der Waals surface area contributed by atoms with Crippen LogP contribution in [0.25, 0.3) is 0 Å². The number of hydrogen-bond donors (Lipinski definition) is 1. The van der Waals surface area contributed by atoms with Gasteiger partial charge >= 0.3 is 0 Å². The van der Waals surface area contributed by atoms with Crippen molar-refractivity contribution in [2.24, 2.45) is 0 Å². The minimum Gasteiger partial charge on any atom is -0.507 e. The zero-order valence-corrected chi connectivity index (χ0v) is 9.99. The van der Waals surface area contributed by atoms with Gasteiger partial charge in [-0.25, -0.2) is 0 Å². The molecule has 2 rings (SSSR count). The van der Waals surface area contributed by atoms with E-state index in [1.54, 1.807) is 0 Å². The van der Waals surface area contributed by atoms with Crippen molar-refractivity contribution in [3.63, 3.8) is 0 Å². The average molecular weight is 221 g/mol. The molecule has 0 spiro atoms. The van der Waals surface area contributed by atoms with E-state index >= 15 is 0 Å². The molecule has 0 unspecified atom stereocenters. The molecule has 3 nitrogen and oxygen atoms in total. The van der Waals surface area contributed by atoms with Gasteiger partial charge in [0.2, 0.25) is 0 Å². The Morgan fingerprint density at radius 2 is 1.94 bits per heavy atom. The molecule has 16 heavy (non-hydrogen) atoms. The van der Waals surface area contributed by atoms with Crippen LogP contribution < -0.4 is 0 Å². The summed E-state index contributed by atoms with van der Waals surface area (Å²) in [6, 6.07) is 4.10. The number of aromatic hydroxyl groups is 1. The zero-order chi connectivity index (χ0) is 11.5. The molecule has 0 amide bonds. The highest BCUT2D eigenvalue weighted by Crippen LogP contribution is 2.25. The summed E-state index contributed by atoms with van der Waals surface area (Å²) in [5.41, 5.74) is 3.17. The number of ether oxygens (including phenoxy) is 1. The predicted octanol–water partition coefficient (Wildman–Crippen LogP) is 1.84. The van der Waals surface area contributed by atoms with Crippen LogP contribution in [-0.2, 0) is 11.3 Å². The van der Waals surface area contributed by atoms with Crippen LogP contribution in [0.2, 0.25) is 0 Å². The molecule has 88 valence electrons. The topological polar surface area (TPSA) is 32.7 Å². The molecule has 0 saturated carbocycles. The number of hydrogen-bond acceptors (Lipinski definition) is 3. The van der Waals surface area contributed by atoms with Crippen LogP contribution in [0.3, 0.4) is 0 Å². The van der Waals surface area contributed by atoms with Gasteiger partial charge in [0.15, 0.2) is 0 Å². The molecule has 1 fully saturated rings. The predicted molar refractivity (Wildman–Crippen MR) is 63.7 cm³/mol. The standard InChI is InChI=1S/C13H19NO2/c1-10-3-4-12(11(2)13(10)15)9-14-5-7-16-8-6-14/h3-4,15H,5-9H2,1-2H3. The molecular weight excluding hydrogens is 202 g/mol. The van der Waals surface area contributed by atoms with Crippen molar-refractivity contribution in [1.82, 2.24) is 4.90 Å². The lowest BCUT2D eigenvalue weighted by molar-refractivity contribution is 0.0341. The maximum atomic E-state index is 9.87. The monoisotopic (exact) mass is 221 g/mol. The third-order valence-corrected chi connectivity index (χ3v) is 3.24. The van der Waals surface area contributed by atoms with Crippen LogP contribution in [0.4, 0.5) is 0 Å². The second-order valence-electron chi connectivity index (χ2n) is 4.40. The maximum Gasteiger partial charge on any atom is 0.121 e. The fourth-order valence-corrected chi connectivity index (χ4v) is 2.05. The Kier molecular flexibility index (Phi) is 3.46. The third kappa shape index (κ3) is 2.36. The van der Waals surface area contributed by atoms with Gasteiger partial charge in [-0.05, 0) is 30.5 Å². The lowest BCUT2D eigenvalue weighted by atomic mass is 10.0. The van der Waals surface area contributed by atoms with Gasteiger partial charge in [0.1, 0.15) is 5.75 Å². The van der Waals surface area contributed by atoms with E-state index in [1.807, 2.05) is 19.9 Å². The molecule has 1 aliphatic rings. The van der Waals surface area contributed by atoms with Crippen LogP contribution in [-0.4, -0.2) is 36.3 Å². The van der Waals surface area contributed by atoms with Gasteiger partial charge in [-0.15, -0.1) is 0 Å². The number of nitrogens with zero attached hydrogens (tertiary/aromatic N) is 1. The molecule has 0 bridgehead atoms. The molecule has 1 aromatic rings. The fraction of sp³-hybridized carbons (Fsp3) is 0.538. The van der Waals surface area contributed by atoms with E-state index in [4.69, 9.17) is 4.74 Å². The van der Waals surface area contributed by atoms with Crippen molar-refractivity contribution in [2.75, 3.05) is 26.3 Å². The van der Waals surface area contributed by atoms with Crippen LogP contribution in [0, 0.1) is 13.8 Å². The van der Waals surface area contributed by atoms with Gasteiger partial charge in [0.05, 0.1) is 13.2 Å². The summed E-state index contributed by atoms with van der Waals surface area (Å²) >= 11 is 0. The first-order valence-corrected chi connectivity index (χ1v) is 5.76. The van der Waals surface area contributed by atoms with Crippen molar-refractivity contribution in [1.29, 1.82) is 0 Å². The van der Waals surface area contributed by atoms with Crippen LogP contribution >= 0.6 is 0 Å². The summed E-state index contributed by atoms with van der Waals surface area (Å²) in [6.45, 7) is 8.41. The minimum atomic E-state index is 0.436. The molecule has 1 saturated heterocycles. The summed E-state index contributed by atoms with van der Waals surface area (Å²) < 4.78 is 5.32. The maximum absolute atomic E-state index is 9.87. The molecule has 3 heteroatoms. The van der Waals surface area contributed by atoms with Gasteiger partial charge in [0, 0.05) is 19.6 Å². The number of rotatable bonds is 2. The number of phenols is 1. The molecule has 1 heterocycles. The second kappa shape index (κ2) is 4.85. The van der Waals surface area contributed by atoms with Crippen molar-refractivity contribution in [3.8, 4) is 5.75 Å². The molecule has 0 aliphatic carbocycles. The van der Waals surface area contributed by atoms with Crippen LogP contribution in [0.1, 0.15) is 16.7 Å². The lowest BCUT2D eigenvalue weighted by Gasteiger charge is -2.27. The molecule has 0 radical (unpaired) electrons. The largest absolute Gasteiger partial charge is 0.507 e. The Labute approximate surface area is 96.6 Å². The SMILES string of the molecule is Cc1ccc(CN2CCOCC2)c(C)c1O. The van der Waals surface area contributed by atoms with E-state index in [1.165, 1.54) is 5.56 Å². The van der Waals surface area contributed by atoms with Gasteiger partial charge < -0.3 is 9.84 Å². The molecule has 1 aliphatic heterocycles. The van der Waals surface area contributed by atoms with Crippen molar-refractivity contribution >= 4 is 0 Å². The van der Waals surface area contributed by atoms with E-state index in [0.29, 0.717) is 5.75 Å². The molecule has 0 aromatic heterocycles. The van der Waals surface area contributed by atoms with Gasteiger partial charge in [0.25, 0.3) is 0 Å². The highest BCUT2D eigenvalue weighted by Gasteiger charge is 2.13. The smallest absolute Gasteiger partial charge is 0.121 e. The zero-order valence-electron chi connectivity index (χ0n) is 9.99. The summed E-state index contributed by atoms with van der Waals surface area (Å²) in [4.78, 5) is 2.36. The van der Waals surface area contributed by atoms with Crippen molar-refractivity contribution in [3.05, 3.63) is 28.8 Å². The van der Waals surface area contributed by atoms with Crippen LogP contribution in [0.15, 0.2) is 12.1 Å². The Hall–Kier alpha value is -1.06. The Morgan fingerprint density at radius 3 is 2.62 bits per heavy atom. The van der Waals surface area contributed by atoms with E-state index in [-0.39, 0.29) is 0 Å². The average Bonchev–Trinajstić information content (AvgIpc) is 2.31. The Balaban J connectivity index is 2.11. The van der Waals surface area contributed by atoms with E-state index in [2.05, 4.69) is 11.0 Å². The summed E-state index contributed by atoms with van der Waals surface area (Å²) in [5, 5.41) is 9.87. The van der Waals surface area contributed by atoms with Gasteiger partial charge in [-0.2, -0.15) is 0 Å². The van der Waals surface area contributed by atoms with E-state index < -0.39 is 0 Å². The minimum absolute atomic E-state index is 0.436. The van der Waals surface area contributed by atoms with Crippen molar-refractivity contribution in [2.45, 2.75) is 20.4 Å². The second-order valence-corrected chi connectivity index (χ2v) is 4.40. The number of phenolic OH excluding ortho intramolecular Hbond substituents is 1. The Morgan fingerprint density at radius 1 is 1.25 bits per heavy atom. The highest BCUT2D eigenvalue weighted by molar-refractivity contribution is 5.43. The molecule has 1 aromatic carbocycles. The number of morpholine rings is 1. The summed E-state index contributed by atoms with van der Waals surface area (Å²) in [7, 11) is 0. The molecular formula is C13H19NO2.